The molecule has 0 bridgehead atoms. The quantitative estimate of drug-likeness (QED) is 0.859. The van der Waals surface area contributed by atoms with Crippen LogP contribution < -0.4 is 10.5 Å². The Kier molecular flexibility index (Phi) is 3.28. The second-order valence-electron chi connectivity index (χ2n) is 2.23. The van der Waals surface area contributed by atoms with Crippen molar-refractivity contribution < 1.29 is 4.74 Å². The molecule has 1 heterocycles. The smallest absolute Gasteiger partial charge is 0.233 e. The molecular formula is C7H10BrN3O. The first-order valence-corrected chi connectivity index (χ1v) is 4.43. The number of anilines is 1. The Morgan fingerprint density at radius 3 is 3.00 bits per heavy atom. The zero-order chi connectivity index (χ0) is 8.97. The molecule has 1 aromatic heterocycles. The predicted molar refractivity (Wildman–Crippen MR) is 49.9 cm³/mol. The molecule has 0 aliphatic heterocycles. The van der Waals surface area contributed by atoms with E-state index in [1.54, 1.807) is 0 Å². The van der Waals surface area contributed by atoms with Gasteiger partial charge in [-0.25, -0.2) is 9.97 Å². The van der Waals surface area contributed by atoms with E-state index in [0.29, 0.717) is 22.8 Å². The Hall–Kier alpha value is -0.840. The highest BCUT2D eigenvalue weighted by atomic mass is 79.9. The van der Waals surface area contributed by atoms with Crippen molar-refractivity contribution in [3.05, 3.63) is 10.8 Å². The minimum atomic E-state index is 0.399. The molecule has 1 rings (SSSR count). The highest BCUT2D eigenvalue weighted by Gasteiger charge is 2.05. The Morgan fingerprint density at radius 2 is 2.33 bits per heavy atom. The molecule has 0 radical (unpaired) electrons. The molecule has 0 saturated carbocycles. The lowest BCUT2D eigenvalue weighted by atomic mass is 10.5. The normalized spacial score (nSPS) is 9.83. The van der Waals surface area contributed by atoms with E-state index in [1.165, 1.54) is 6.33 Å². The number of hydrogen-bond acceptors (Lipinski definition) is 4. The van der Waals surface area contributed by atoms with Gasteiger partial charge in [0.15, 0.2) is 0 Å². The number of hydrogen-bond donors (Lipinski definition) is 1. The van der Waals surface area contributed by atoms with Crippen LogP contribution in [0.4, 0.5) is 5.82 Å². The molecular weight excluding hydrogens is 222 g/mol. The third kappa shape index (κ3) is 2.07. The van der Waals surface area contributed by atoms with Crippen molar-refractivity contribution in [1.82, 2.24) is 9.97 Å². The molecule has 0 aliphatic carbocycles. The van der Waals surface area contributed by atoms with Gasteiger partial charge in [-0.1, -0.05) is 6.92 Å². The van der Waals surface area contributed by atoms with Crippen LogP contribution in [0.1, 0.15) is 13.3 Å². The van der Waals surface area contributed by atoms with Crippen LogP contribution in [0.3, 0.4) is 0 Å². The zero-order valence-electron chi connectivity index (χ0n) is 6.75. The number of aromatic nitrogens is 2. The van der Waals surface area contributed by atoms with Crippen LogP contribution in [-0.4, -0.2) is 16.6 Å². The van der Waals surface area contributed by atoms with Gasteiger partial charge >= 0.3 is 0 Å². The van der Waals surface area contributed by atoms with E-state index in [2.05, 4.69) is 25.9 Å². The van der Waals surface area contributed by atoms with Crippen LogP contribution in [0.25, 0.3) is 0 Å². The SMILES string of the molecule is CCCOc1ncnc(N)c1Br. The molecule has 1 aromatic rings. The van der Waals surface area contributed by atoms with Crippen molar-refractivity contribution in [3.63, 3.8) is 0 Å². The molecule has 4 nitrogen and oxygen atoms in total. The fraction of sp³-hybridized carbons (Fsp3) is 0.429. The molecule has 0 amide bonds. The number of nitrogens with zero attached hydrogens (tertiary/aromatic N) is 2. The Morgan fingerprint density at radius 1 is 1.58 bits per heavy atom. The maximum Gasteiger partial charge on any atom is 0.233 e. The van der Waals surface area contributed by atoms with Gasteiger partial charge < -0.3 is 10.5 Å². The maximum absolute atomic E-state index is 5.51. The van der Waals surface area contributed by atoms with Crippen LogP contribution in [0.5, 0.6) is 5.88 Å². The van der Waals surface area contributed by atoms with E-state index in [0.717, 1.165) is 6.42 Å². The molecule has 0 aliphatic rings. The fourth-order valence-electron chi connectivity index (χ4n) is 0.666. The van der Waals surface area contributed by atoms with Crippen LogP contribution in [-0.2, 0) is 0 Å². The maximum atomic E-state index is 5.51. The van der Waals surface area contributed by atoms with Crippen LogP contribution >= 0.6 is 15.9 Å². The van der Waals surface area contributed by atoms with Gasteiger partial charge in [0.1, 0.15) is 16.6 Å². The number of nitrogens with two attached hydrogens (primary N) is 1. The topological polar surface area (TPSA) is 61.0 Å². The van der Waals surface area contributed by atoms with Gasteiger partial charge in [0, 0.05) is 0 Å². The van der Waals surface area contributed by atoms with Crippen molar-refractivity contribution in [2.24, 2.45) is 0 Å². The highest BCUT2D eigenvalue weighted by Crippen LogP contribution is 2.25. The van der Waals surface area contributed by atoms with Gasteiger partial charge in [-0.15, -0.1) is 0 Å². The first-order valence-electron chi connectivity index (χ1n) is 3.64. The van der Waals surface area contributed by atoms with Crippen LogP contribution in [0.2, 0.25) is 0 Å². The fourth-order valence-corrected chi connectivity index (χ4v) is 0.985. The summed E-state index contributed by atoms with van der Waals surface area (Å²) in [4.78, 5) is 7.70. The van der Waals surface area contributed by atoms with Gasteiger partial charge in [-0.05, 0) is 22.4 Å². The molecule has 0 spiro atoms. The second kappa shape index (κ2) is 4.25. The van der Waals surface area contributed by atoms with E-state index in [1.807, 2.05) is 6.92 Å². The van der Waals surface area contributed by atoms with E-state index >= 15 is 0 Å². The third-order valence-corrected chi connectivity index (χ3v) is 1.97. The van der Waals surface area contributed by atoms with E-state index in [9.17, 15) is 0 Å². The number of nitrogen functional groups attached to an aromatic ring is 1. The minimum Gasteiger partial charge on any atom is -0.477 e. The van der Waals surface area contributed by atoms with E-state index in [4.69, 9.17) is 10.5 Å². The summed E-state index contributed by atoms with van der Waals surface area (Å²) in [6.45, 7) is 2.66. The third-order valence-electron chi connectivity index (χ3n) is 1.23. The Balaban J connectivity index is 2.78. The molecule has 2 N–H and O–H groups in total. The average Bonchev–Trinajstić information content (AvgIpc) is 2.08. The molecule has 0 aromatic carbocycles. The summed E-state index contributed by atoms with van der Waals surface area (Å²) in [6.07, 6.45) is 2.32. The molecule has 5 heteroatoms. The molecule has 66 valence electrons. The Bertz CT molecular complexity index is 267. The van der Waals surface area contributed by atoms with E-state index in [-0.39, 0.29) is 0 Å². The van der Waals surface area contributed by atoms with Crippen LogP contribution in [0, 0.1) is 0 Å². The summed E-state index contributed by atoms with van der Waals surface area (Å²) < 4.78 is 5.91. The van der Waals surface area contributed by atoms with Gasteiger partial charge in [-0.2, -0.15) is 0 Å². The van der Waals surface area contributed by atoms with Crippen molar-refractivity contribution >= 4 is 21.7 Å². The lowest BCUT2D eigenvalue weighted by Gasteiger charge is -2.05. The molecule has 0 fully saturated rings. The first kappa shape index (κ1) is 9.25. The van der Waals surface area contributed by atoms with E-state index < -0.39 is 0 Å². The van der Waals surface area contributed by atoms with Crippen molar-refractivity contribution in [2.75, 3.05) is 12.3 Å². The zero-order valence-corrected chi connectivity index (χ0v) is 8.34. The van der Waals surface area contributed by atoms with Crippen molar-refractivity contribution in [1.29, 1.82) is 0 Å². The first-order chi connectivity index (χ1) is 5.75. The average molecular weight is 232 g/mol. The van der Waals surface area contributed by atoms with Gasteiger partial charge in [0.2, 0.25) is 5.88 Å². The lowest BCUT2D eigenvalue weighted by Crippen LogP contribution is -2.01. The molecule has 0 saturated heterocycles. The molecule has 0 atom stereocenters. The summed E-state index contributed by atoms with van der Waals surface area (Å²) in [5.74, 6) is 0.903. The molecule has 0 unspecified atom stereocenters. The summed E-state index contributed by atoms with van der Waals surface area (Å²) >= 11 is 3.24. The number of halogens is 1. The van der Waals surface area contributed by atoms with Crippen molar-refractivity contribution in [2.45, 2.75) is 13.3 Å². The highest BCUT2D eigenvalue weighted by molar-refractivity contribution is 9.10. The predicted octanol–water partition coefficient (Wildman–Crippen LogP) is 1.61. The largest absolute Gasteiger partial charge is 0.477 e. The summed E-state index contributed by atoms with van der Waals surface area (Å²) in [5.41, 5.74) is 5.51. The van der Waals surface area contributed by atoms with Gasteiger partial charge in [-0.3, -0.25) is 0 Å². The second-order valence-corrected chi connectivity index (χ2v) is 3.02. The molecule has 12 heavy (non-hydrogen) atoms. The number of ether oxygens (including phenoxy) is 1. The lowest BCUT2D eigenvalue weighted by molar-refractivity contribution is 0.303. The summed E-state index contributed by atoms with van der Waals surface area (Å²) in [5, 5.41) is 0. The monoisotopic (exact) mass is 231 g/mol. The van der Waals surface area contributed by atoms with Crippen molar-refractivity contribution in [3.8, 4) is 5.88 Å². The van der Waals surface area contributed by atoms with Crippen LogP contribution in [0.15, 0.2) is 10.8 Å². The standard InChI is InChI=1S/C7H10BrN3O/c1-2-3-12-7-5(8)6(9)10-4-11-7/h4H,2-3H2,1H3,(H2,9,10,11). The number of rotatable bonds is 3. The Labute approximate surface area is 79.3 Å². The van der Waals surface area contributed by atoms with Gasteiger partial charge in [0.25, 0.3) is 0 Å². The van der Waals surface area contributed by atoms with Gasteiger partial charge in [0.05, 0.1) is 6.61 Å². The summed E-state index contributed by atoms with van der Waals surface area (Å²) in [7, 11) is 0. The minimum absolute atomic E-state index is 0.399. The summed E-state index contributed by atoms with van der Waals surface area (Å²) in [6, 6.07) is 0.